The van der Waals surface area contributed by atoms with Crippen LogP contribution in [0.4, 0.5) is 0 Å². The Labute approximate surface area is 86.6 Å². The normalized spacial score (nSPS) is 14.4. The minimum Gasteiger partial charge on any atom is -0.382 e. The van der Waals surface area contributed by atoms with Gasteiger partial charge in [-0.15, -0.1) is 0 Å². The predicted octanol–water partition coefficient (Wildman–Crippen LogP) is 0.455. The van der Waals surface area contributed by atoms with E-state index in [1.807, 2.05) is 6.92 Å². The van der Waals surface area contributed by atoms with E-state index in [1.54, 1.807) is 28.4 Å². The summed E-state index contributed by atoms with van der Waals surface area (Å²) >= 11 is 0. The van der Waals surface area contributed by atoms with Crippen molar-refractivity contribution in [2.24, 2.45) is 0 Å². The van der Waals surface area contributed by atoms with Gasteiger partial charge >= 0.3 is 8.80 Å². The highest BCUT2D eigenvalue weighted by Crippen LogP contribution is 2.14. The van der Waals surface area contributed by atoms with Crippen LogP contribution < -0.4 is 0 Å². The van der Waals surface area contributed by atoms with E-state index in [-0.39, 0.29) is 5.73 Å². The van der Waals surface area contributed by atoms with Crippen LogP contribution in [0.3, 0.4) is 0 Å². The topological polar surface area (TPSA) is 46.2 Å². The molecule has 0 aromatic heterocycles. The number of methoxy groups -OCH3 is 1. The number of hydrogen-bond donors (Lipinski definition) is 0. The first-order chi connectivity index (χ1) is 6.66. The second kappa shape index (κ2) is 7.33. The molecule has 6 heteroatoms. The van der Waals surface area contributed by atoms with Gasteiger partial charge in [0.05, 0.1) is 13.2 Å². The molecule has 0 aliphatic carbocycles. The van der Waals surface area contributed by atoms with E-state index in [0.29, 0.717) is 13.2 Å². The summed E-state index contributed by atoms with van der Waals surface area (Å²) in [6.07, 6.45) is 0. The third-order valence-electron chi connectivity index (χ3n) is 2.01. The minimum atomic E-state index is -2.65. The lowest BCUT2D eigenvalue weighted by Gasteiger charge is -2.29. The molecule has 0 amide bonds. The highest BCUT2D eigenvalue weighted by molar-refractivity contribution is 6.61. The fourth-order valence-electron chi connectivity index (χ4n) is 1.16. The molecule has 5 nitrogen and oxygen atoms in total. The number of hydrogen-bond acceptors (Lipinski definition) is 5. The van der Waals surface area contributed by atoms with Crippen molar-refractivity contribution in [1.29, 1.82) is 0 Å². The van der Waals surface area contributed by atoms with Crippen LogP contribution in [0.25, 0.3) is 0 Å². The average Bonchev–Trinajstić information content (AvgIpc) is 2.22. The van der Waals surface area contributed by atoms with Crippen molar-refractivity contribution in [3.05, 3.63) is 0 Å². The third kappa shape index (κ3) is 3.64. The van der Waals surface area contributed by atoms with Crippen molar-refractivity contribution < 1.29 is 22.8 Å². The quantitative estimate of drug-likeness (QED) is 0.442. The van der Waals surface area contributed by atoms with E-state index in [1.165, 1.54) is 0 Å². The molecule has 0 N–H and O–H groups in total. The summed E-state index contributed by atoms with van der Waals surface area (Å²) in [5, 5.41) is 0. The van der Waals surface area contributed by atoms with Crippen molar-refractivity contribution >= 4 is 8.80 Å². The maximum absolute atomic E-state index is 5.48. The molecular weight excluding hydrogens is 204 g/mol. The van der Waals surface area contributed by atoms with E-state index in [2.05, 4.69) is 0 Å². The molecule has 1 atom stereocenters. The Morgan fingerprint density at radius 2 is 1.43 bits per heavy atom. The van der Waals surface area contributed by atoms with E-state index < -0.39 is 8.80 Å². The maximum atomic E-state index is 5.48. The molecule has 14 heavy (non-hydrogen) atoms. The van der Waals surface area contributed by atoms with Gasteiger partial charge in [-0.2, -0.15) is 0 Å². The molecular formula is C8H20O5Si. The first-order valence-corrected chi connectivity index (χ1v) is 6.23. The van der Waals surface area contributed by atoms with Gasteiger partial charge in [-0.05, 0) is 6.92 Å². The second-order valence-corrected chi connectivity index (χ2v) is 5.97. The highest BCUT2D eigenvalue weighted by atomic mass is 28.4. The van der Waals surface area contributed by atoms with Crippen molar-refractivity contribution in [2.75, 3.05) is 41.7 Å². The molecule has 0 spiro atoms. The Bertz CT molecular complexity index is 131. The molecule has 0 heterocycles. The molecule has 86 valence electrons. The molecule has 0 saturated carbocycles. The molecule has 0 rings (SSSR count). The van der Waals surface area contributed by atoms with Gasteiger partial charge in [0.2, 0.25) is 0 Å². The fraction of sp³-hybridized carbons (Fsp3) is 1.00. The van der Waals surface area contributed by atoms with Crippen LogP contribution in [-0.4, -0.2) is 56.2 Å². The summed E-state index contributed by atoms with van der Waals surface area (Å²) in [6, 6.07) is 0. The monoisotopic (exact) mass is 224 g/mol. The molecule has 0 saturated heterocycles. The van der Waals surface area contributed by atoms with Gasteiger partial charge in [0.1, 0.15) is 5.73 Å². The molecule has 0 fully saturated rings. The zero-order chi connectivity index (χ0) is 11.0. The van der Waals surface area contributed by atoms with Gasteiger partial charge in [0, 0.05) is 28.4 Å². The first-order valence-electron chi connectivity index (χ1n) is 4.42. The van der Waals surface area contributed by atoms with Gasteiger partial charge in [-0.3, -0.25) is 0 Å². The van der Waals surface area contributed by atoms with Crippen molar-refractivity contribution in [1.82, 2.24) is 0 Å². The van der Waals surface area contributed by atoms with Crippen LogP contribution in [0.2, 0.25) is 0 Å². The lowest BCUT2D eigenvalue weighted by atomic mass is 10.7. The highest BCUT2D eigenvalue weighted by Gasteiger charge is 2.45. The van der Waals surface area contributed by atoms with Gasteiger partial charge in [0.25, 0.3) is 0 Å². The fourth-order valence-corrected chi connectivity index (χ4v) is 2.98. The summed E-state index contributed by atoms with van der Waals surface area (Å²) in [4.78, 5) is 0. The zero-order valence-electron chi connectivity index (χ0n) is 9.53. The molecule has 0 aromatic rings. The van der Waals surface area contributed by atoms with Crippen LogP contribution in [0.15, 0.2) is 0 Å². The summed E-state index contributed by atoms with van der Waals surface area (Å²) in [5.41, 5.74) is -0.197. The summed E-state index contributed by atoms with van der Waals surface area (Å²) in [7, 11) is 3.67. The van der Waals surface area contributed by atoms with Crippen molar-refractivity contribution in [3.63, 3.8) is 0 Å². The van der Waals surface area contributed by atoms with Crippen LogP contribution in [0.1, 0.15) is 6.92 Å². The Kier molecular flexibility index (Phi) is 7.34. The van der Waals surface area contributed by atoms with E-state index in [4.69, 9.17) is 22.8 Å². The van der Waals surface area contributed by atoms with Crippen LogP contribution in [0, 0.1) is 0 Å². The Balaban J connectivity index is 4.07. The number of rotatable bonds is 8. The van der Waals surface area contributed by atoms with Gasteiger partial charge in [-0.1, -0.05) is 0 Å². The van der Waals surface area contributed by atoms with Crippen LogP contribution >= 0.6 is 0 Å². The van der Waals surface area contributed by atoms with Crippen molar-refractivity contribution in [3.8, 4) is 0 Å². The molecule has 0 bridgehead atoms. The molecule has 1 unspecified atom stereocenters. The minimum absolute atomic E-state index is 0.197. The largest absolute Gasteiger partial charge is 0.530 e. The zero-order valence-corrected chi connectivity index (χ0v) is 10.5. The predicted molar refractivity (Wildman–Crippen MR) is 54.1 cm³/mol. The first kappa shape index (κ1) is 14.0. The second-order valence-electron chi connectivity index (χ2n) is 2.72. The van der Waals surface area contributed by atoms with Crippen molar-refractivity contribution in [2.45, 2.75) is 12.7 Å². The third-order valence-corrected chi connectivity index (χ3v) is 4.88. The summed E-state index contributed by atoms with van der Waals surface area (Å²) in [5.74, 6) is 0. The van der Waals surface area contributed by atoms with Gasteiger partial charge in [0.15, 0.2) is 0 Å². The average molecular weight is 224 g/mol. The Hall–Kier alpha value is 0.0169. The van der Waals surface area contributed by atoms with Crippen LogP contribution in [0.5, 0.6) is 0 Å². The lowest BCUT2D eigenvalue weighted by Crippen LogP contribution is -2.54. The summed E-state index contributed by atoms with van der Waals surface area (Å²) in [6.45, 7) is 2.92. The van der Waals surface area contributed by atoms with E-state index in [0.717, 1.165) is 0 Å². The molecule has 0 aliphatic rings. The Morgan fingerprint density at radius 1 is 0.929 bits per heavy atom. The number of ether oxygens (including phenoxy) is 2. The van der Waals surface area contributed by atoms with E-state index >= 15 is 0 Å². The maximum Gasteiger partial charge on any atom is 0.530 e. The van der Waals surface area contributed by atoms with E-state index in [9.17, 15) is 0 Å². The molecule has 0 aliphatic heterocycles. The van der Waals surface area contributed by atoms with Gasteiger partial charge in [-0.25, -0.2) is 0 Å². The SMILES string of the molecule is COCCOC(C)[Si](OC)(OC)OC. The van der Waals surface area contributed by atoms with Crippen LogP contribution in [-0.2, 0) is 22.8 Å². The Morgan fingerprint density at radius 3 is 1.79 bits per heavy atom. The lowest BCUT2D eigenvalue weighted by molar-refractivity contribution is 0.00214. The van der Waals surface area contributed by atoms with Gasteiger partial charge < -0.3 is 22.8 Å². The molecule has 0 radical (unpaired) electrons. The summed E-state index contributed by atoms with van der Waals surface area (Å²) < 4.78 is 26.1. The standard InChI is InChI=1S/C8H20O5Si/c1-8(13-7-6-9-2)14(10-3,11-4)12-5/h8H,6-7H2,1-5H3. The molecule has 0 aromatic carbocycles. The smallest absolute Gasteiger partial charge is 0.382 e.